The van der Waals surface area contributed by atoms with Crippen molar-refractivity contribution < 1.29 is 22.7 Å². The molecule has 0 aliphatic heterocycles. The number of nitrogens with zero attached hydrogens (tertiary/aromatic N) is 3. The molecule has 2 N–H and O–H groups in total. The zero-order chi connectivity index (χ0) is 31.6. The van der Waals surface area contributed by atoms with Gasteiger partial charge in [-0.15, -0.1) is 0 Å². The van der Waals surface area contributed by atoms with Crippen LogP contribution in [-0.2, 0) is 31.4 Å². The fraction of sp³-hybridized carbons (Fsp3) is 0.571. The molecule has 0 saturated carbocycles. The van der Waals surface area contributed by atoms with Gasteiger partial charge < -0.3 is 9.47 Å². The molecule has 0 radical (unpaired) electrons. The summed E-state index contributed by atoms with van der Waals surface area (Å²) in [5, 5.41) is 5.04. The first-order chi connectivity index (χ1) is 19.0. The third-order valence-corrected chi connectivity index (χ3v) is 8.37. The Hall–Kier alpha value is -1.22. The van der Waals surface area contributed by atoms with E-state index >= 15 is 0 Å². The van der Waals surface area contributed by atoms with Crippen molar-refractivity contribution >= 4 is 65.3 Å². The molecule has 0 fully saturated rings. The van der Waals surface area contributed by atoms with Crippen molar-refractivity contribution in [2.24, 2.45) is 9.54 Å². The lowest BCUT2D eigenvalue weighted by molar-refractivity contribution is 0.0958. The van der Waals surface area contributed by atoms with Crippen molar-refractivity contribution in [2.75, 3.05) is 27.4 Å². The molecule has 0 saturated heterocycles. The maximum absolute atomic E-state index is 12.2. The summed E-state index contributed by atoms with van der Waals surface area (Å²) in [5.41, 5.74) is 2.03. The van der Waals surface area contributed by atoms with Gasteiger partial charge in [0.1, 0.15) is 25.9 Å². The van der Waals surface area contributed by atoms with Crippen LogP contribution < -0.4 is 5.14 Å². The molecule has 2 heterocycles. The van der Waals surface area contributed by atoms with Crippen molar-refractivity contribution in [3.63, 3.8) is 0 Å². The second-order valence-electron chi connectivity index (χ2n) is 10.6. The highest BCUT2D eigenvalue weighted by Gasteiger charge is 2.20. The van der Waals surface area contributed by atoms with Crippen LogP contribution in [0.2, 0.25) is 0 Å². The lowest BCUT2D eigenvalue weighted by Crippen LogP contribution is -2.27. The largest absolute Gasteiger partial charge is 0.385 e. The average molecular weight is 741 g/mol. The molecule has 0 spiro atoms. The van der Waals surface area contributed by atoms with Gasteiger partial charge in [-0.3, -0.25) is 9.93 Å². The molecule has 0 unspecified atom stereocenters. The van der Waals surface area contributed by atoms with Crippen LogP contribution >= 0.6 is 31.9 Å². The monoisotopic (exact) mass is 738 g/mol. The highest BCUT2D eigenvalue weighted by molar-refractivity contribution is 9.10. The van der Waals surface area contributed by atoms with E-state index in [1.54, 1.807) is 32.4 Å². The van der Waals surface area contributed by atoms with Crippen molar-refractivity contribution in [1.29, 1.82) is 0 Å². The van der Waals surface area contributed by atoms with Crippen LogP contribution in [0.1, 0.15) is 83.4 Å². The number of Topliss-reactive ketones (excluding diaryl/α,β-unsaturated/α-hetero) is 1. The SMILES string of the molecule is CC(C)(C)[S@](N)=O.COCCCC(=N[S@](=O)C(C)(C)C)c1cccc(Br)n1.COCCCC(=O)c1cccc(Br)n1. The summed E-state index contributed by atoms with van der Waals surface area (Å²) in [6, 6.07) is 11.0. The van der Waals surface area contributed by atoms with E-state index in [9.17, 15) is 13.2 Å². The minimum atomic E-state index is -1.29. The summed E-state index contributed by atoms with van der Waals surface area (Å²) in [5.74, 6) is 0.0587. The van der Waals surface area contributed by atoms with Crippen LogP contribution in [0.25, 0.3) is 0 Å². The standard InChI is InChI=1S/C14H21BrN2O2S.C10H12BrNO2.C4H11NOS/c1-14(2,3)20(18)17-12(8-6-10-19-4)11-7-5-9-13(15)16-11;1-14-7-3-5-9(13)8-4-2-6-10(11)12-8;1-4(2,3)7(5)6/h5,7,9H,6,8,10H2,1-4H3;2,4,6H,3,5,7H2,1H3;5H2,1-3H3/t20-;;7-/m1.1/s1. The Morgan fingerprint density at radius 3 is 1.68 bits per heavy atom. The zero-order valence-electron chi connectivity index (χ0n) is 25.2. The molecule has 0 aromatic carbocycles. The minimum absolute atomic E-state index is 0.0587. The summed E-state index contributed by atoms with van der Waals surface area (Å²) in [6.45, 7) is 12.5. The molecule has 2 rings (SSSR count). The normalized spacial score (nSPS) is 13.3. The number of ketones is 1. The van der Waals surface area contributed by atoms with E-state index in [1.807, 2.05) is 59.7 Å². The number of carbonyl (C=O) groups is 1. The minimum Gasteiger partial charge on any atom is -0.385 e. The Morgan fingerprint density at radius 1 is 0.829 bits per heavy atom. The van der Waals surface area contributed by atoms with Gasteiger partial charge in [-0.1, -0.05) is 12.1 Å². The highest BCUT2D eigenvalue weighted by Crippen LogP contribution is 2.16. The highest BCUT2D eigenvalue weighted by atomic mass is 79.9. The van der Waals surface area contributed by atoms with Gasteiger partial charge in [0.2, 0.25) is 0 Å². The van der Waals surface area contributed by atoms with E-state index in [0.29, 0.717) is 36.4 Å². The Kier molecular flexibility index (Phi) is 20.0. The molecule has 0 aliphatic rings. The van der Waals surface area contributed by atoms with Crippen molar-refractivity contribution in [3.05, 3.63) is 57.0 Å². The number of pyridine rings is 2. The average Bonchev–Trinajstić information content (AvgIpc) is 2.88. The zero-order valence-corrected chi connectivity index (χ0v) is 30.0. The van der Waals surface area contributed by atoms with Crippen LogP contribution in [0.15, 0.2) is 50.0 Å². The number of aromatic nitrogens is 2. The smallest absolute Gasteiger partial charge is 0.181 e. The van der Waals surface area contributed by atoms with Crippen LogP contribution in [0.4, 0.5) is 0 Å². The lowest BCUT2D eigenvalue weighted by atomic mass is 10.1. The number of ether oxygens (including phenoxy) is 2. The van der Waals surface area contributed by atoms with Crippen LogP contribution in [-0.4, -0.2) is 66.8 Å². The molecule has 9 nitrogen and oxygen atoms in total. The third-order valence-electron chi connectivity index (χ3n) is 4.85. The first-order valence-corrected chi connectivity index (χ1v) is 16.9. The Bertz CT molecular complexity index is 1150. The third kappa shape index (κ3) is 18.8. The first kappa shape index (κ1) is 39.8. The first-order valence-electron chi connectivity index (χ1n) is 12.9. The number of carbonyl (C=O) groups excluding carboxylic acids is 1. The topological polar surface area (TPSA) is 134 Å². The van der Waals surface area contributed by atoms with Crippen LogP contribution in [0.3, 0.4) is 0 Å². The van der Waals surface area contributed by atoms with E-state index in [2.05, 4.69) is 46.2 Å². The van der Waals surface area contributed by atoms with E-state index in [4.69, 9.17) is 14.6 Å². The second kappa shape index (κ2) is 20.6. The number of nitrogens with two attached hydrogens (primary N) is 1. The number of hydrogen-bond acceptors (Lipinski definition) is 7. The fourth-order valence-electron chi connectivity index (χ4n) is 2.48. The molecule has 13 heteroatoms. The molecule has 2 aromatic rings. The Morgan fingerprint density at radius 2 is 1.27 bits per heavy atom. The van der Waals surface area contributed by atoms with E-state index in [-0.39, 0.29) is 15.3 Å². The number of halogens is 2. The molecule has 0 amide bonds. The molecule has 2 aromatic heterocycles. The lowest BCUT2D eigenvalue weighted by Gasteiger charge is -2.15. The number of methoxy groups -OCH3 is 2. The van der Waals surface area contributed by atoms with Crippen LogP contribution in [0.5, 0.6) is 0 Å². The number of rotatable bonds is 11. The van der Waals surface area contributed by atoms with Gasteiger partial charge in [-0.2, -0.15) is 4.40 Å². The second-order valence-corrected chi connectivity index (χ2v) is 16.0. The molecule has 41 heavy (non-hydrogen) atoms. The van der Waals surface area contributed by atoms with Crippen molar-refractivity contribution in [1.82, 2.24) is 9.97 Å². The molecule has 2 atom stereocenters. The summed E-state index contributed by atoms with van der Waals surface area (Å²) in [4.78, 5) is 20.0. The molecule has 0 bridgehead atoms. The van der Waals surface area contributed by atoms with Gasteiger partial charge in [0.15, 0.2) is 5.78 Å². The maximum Gasteiger partial charge on any atom is 0.181 e. The summed E-state index contributed by atoms with van der Waals surface area (Å²) >= 11 is 6.58. The van der Waals surface area contributed by atoms with E-state index in [1.165, 1.54) is 0 Å². The van der Waals surface area contributed by atoms with Gasteiger partial charge >= 0.3 is 0 Å². The van der Waals surface area contributed by atoms with Gasteiger partial charge in [0.05, 0.1) is 31.9 Å². The predicted molar refractivity (Wildman–Crippen MR) is 177 cm³/mol. The predicted octanol–water partition coefficient (Wildman–Crippen LogP) is 6.38. The van der Waals surface area contributed by atoms with Gasteiger partial charge in [-0.05, 0) is 117 Å². The van der Waals surface area contributed by atoms with Gasteiger partial charge in [0.25, 0.3) is 0 Å². The van der Waals surface area contributed by atoms with Crippen LogP contribution in [0, 0.1) is 0 Å². The van der Waals surface area contributed by atoms with Crippen molar-refractivity contribution in [3.8, 4) is 0 Å². The quantitative estimate of drug-likeness (QED) is 0.122. The Balaban J connectivity index is 0.000000659. The molecule has 0 aliphatic carbocycles. The molecule has 232 valence electrons. The summed E-state index contributed by atoms with van der Waals surface area (Å²) in [7, 11) is 0.824. The molecular formula is C28H44Br2N4O5S2. The summed E-state index contributed by atoms with van der Waals surface area (Å²) in [6.07, 6.45) is 2.74. The number of hydrogen-bond donors (Lipinski definition) is 1. The molecular weight excluding hydrogens is 696 g/mol. The van der Waals surface area contributed by atoms with E-state index in [0.717, 1.165) is 28.9 Å². The van der Waals surface area contributed by atoms with Crippen molar-refractivity contribution in [2.45, 2.75) is 76.7 Å². The summed E-state index contributed by atoms with van der Waals surface area (Å²) < 4.78 is 37.7. The Labute approximate surface area is 267 Å². The maximum atomic E-state index is 12.2. The van der Waals surface area contributed by atoms with Gasteiger partial charge in [0, 0.05) is 33.9 Å². The van der Waals surface area contributed by atoms with Gasteiger partial charge in [-0.25, -0.2) is 18.4 Å². The van der Waals surface area contributed by atoms with E-state index < -0.39 is 22.0 Å². The fourth-order valence-corrected chi connectivity index (χ4v) is 3.83.